The summed E-state index contributed by atoms with van der Waals surface area (Å²) in [6, 6.07) is 6.28. The van der Waals surface area contributed by atoms with E-state index in [2.05, 4.69) is 21.0 Å². The largest absolute Gasteiger partial charge is 0.383 e. The van der Waals surface area contributed by atoms with E-state index in [1.807, 2.05) is 0 Å². The molecule has 6 nitrogen and oxygen atoms in total. The van der Waals surface area contributed by atoms with Crippen LogP contribution in [0, 0.1) is 10.1 Å². The molecule has 0 radical (unpaired) electrons. The van der Waals surface area contributed by atoms with Crippen LogP contribution in [0.4, 0.5) is 11.5 Å². The molecule has 7 heteroatoms. The lowest BCUT2D eigenvalue weighted by Gasteiger charge is -2.04. The van der Waals surface area contributed by atoms with Crippen LogP contribution in [-0.4, -0.2) is 14.7 Å². The number of nitrogens with zero attached hydrogens (tertiary/aromatic N) is 3. The van der Waals surface area contributed by atoms with Crippen molar-refractivity contribution >= 4 is 27.4 Å². The number of aromatic nitrogens is 2. The number of anilines is 1. The molecular weight excluding hydrogens is 276 g/mol. The number of halogens is 1. The fraction of sp³-hybridized carbons (Fsp3) is 0. The summed E-state index contributed by atoms with van der Waals surface area (Å²) >= 11 is 3.20. The zero-order valence-corrected chi connectivity index (χ0v) is 9.59. The predicted molar refractivity (Wildman–Crippen MR) is 62.3 cm³/mol. The third-order valence-electron chi connectivity index (χ3n) is 2.07. The van der Waals surface area contributed by atoms with Crippen molar-refractivity contribution in [3.8, 4) is 5.69 Å². The standard InChI is InChI=1S/C9H7BrN4O2/c10-6-5-12-13(9(6)11)7-3-1-2-4-8(7)14(15)16/h1-5H,11H2. The Morgan fingerprint density at radius 1 is 1.44 bits per heavy atom. The lowest BCUT2D eigenvalue weighted by molar-refractivity contribution is -0.384. The van der Waals surface area contributed by atoms with Gasteiger partial charge >= 0.3 is 0 Å². The summed E-state index contributed by atoms with van der Waals surface area (Å²) in [4.78, 5) is 10.4. The van der Waals surface area contributed by atoms with Crippen molar-refractivity contribution in [1.29, 1.82) is 0 Å². The van der Waals surface area contributed by atoms with Crippen LogP contribution in [-0.2, 0) is 0 Å². The van der Waals surface area contributed by atoms with Crippen LogP contribution in [0.25, 0.3) is 5.69 Å². The van der Waals surface area contributed by atoms with E-state index in [4.69, 9.17) is 5.73 Å². The van der Waals surface area contributed by atoms with E-state index < -0.39 is 4.92 Å². The third-order valence-corrected chi connectivity index (χ3v) is 2.68. The van der Waals surface area contributed by atoms with Crippen molar-refractivity contribution in [1.82, 2.24) is 9.78 Å². The number of nitrogen functional groups attached to an aromatic ring is 1. The molecule has 82 valence electrons. The molecule has 2 aromatic rings. The zero-order valence-electron chi connectivity index (χ0n) is 8.00. The molecule has 0 unspecified atom stereocenters. The Morgan fingerprint density at radius 3 is 2.69 bits per heavy atom. The molecule has 0 saturated carbocycles. The molecule has 1 aromatic heterocycles. The van der Waals surface area contributed by atoms with Crippen LogP contribution in [0.2, 0.25) is 0 Å². The van der Waals surface area contributed by atoms with E-state index in [9.17, 15) is 10.1 Å². The molecule has 0 spiro atoms. The minimum Gasteiger partial charge on any atom is -0.383 e. The number of rotatable bonds is 2. The molecule has 2 N–H and O–H groups in total. The highest BCUT2D eigenvalue weighted by atomic mass is 79.9. The highest BCUT2D eigenvalue weighted by Crippen LogP contribution is 2.27. The number of hydrogen-bond donors (Lipinski definition) is 1. The first kappa shape index (κ1) is 10.6. The van der Waals surface area contributed by atoms with Gasteiger partial charge in [0.05, 0.1) is 15.6 Å². The molecule has 2 rings (SSSR count). The molecule has 0 fully saturated rings. The number of nitro benzene ring substituents is 1. The molecule has 0 aliphatic rings. The summed E-state index contributed by atoms with van der Waals surface area (Å²) in [6.07, 6.45) is 1.49. The Labute approximate surface area is 99.0 Å². The summed E-state index contributed by atoms with van der Waals surface area (Å²) in [5, 5.41) is 14.8. The molecule has 0 saturated heterocycles. The normalized spacial score (nSPS) is 10.3. The average Bonchev–Trinajstić information content (AvgIpc) is 2.60. The average molecular weight is 283 g/mol. The van der Waals surface area contributed by atoms with Crippen molar-refractivity contribution in [3.63, 3.8) is 0 Å². The first-order valence-electron chi connectivity index (χ1n) is 4.34. The molecule has 0 atom stereocenters. The molecule has 0 aliphatic carbocycles. The number of benzene rings is 1. The molecule has 1 aromatic carbocycles. The second-order valence-corrected chi connectivity index (χ2v) is 3.89. The first-order valence-corrected chi connectivity index (χ1v) is 5.13. The monoisotopic (exact) mass is 282 g/mol. The maximum atomic E-state index is 10.8. The molecule has 0 bridgehead atoms. The van der Waals surface area contributed by atoms with Crippen molar-refractivity contribution in [3.05, 3.63) is 45.0 Å². The SMILES string of the molecule is Nc1c(Br)cnn1-c1ccccc1[N+](=O)[O-]. The number of hydrogen-bond acceptors (Lipinski definition) is 4. The van der Waals surface area contributed by atoms with Crippen LogP contribution < -0.4 is 5.73 Å². The van der Waals surface area contributed by atoms with Gasteiger partial charge in [0.1, 0.15) is 11.5 Å². The minimum absolute atomic E-state index is 0.0372. The molecule has 0 amide bonds. The van der Waals surface area contributed by atoms with Gasteiger partial charge in [-0.25, -0.2) is 4.68 Å². The fourth-order valence-electron chi connectivity index (χ4n) is 1.33. The minimum atomic E-state index is -0.468. The van der Waals surface area contributed by atoms with Crippen LogP contribution in [0.3, 0.4) is 0 Å². The highest BCUT2D eigenvalue weighted by Gasteiger charge is 2.17. The van der Waals surface area contributed by atoms with Crippen molar-refractivity contribution in [2.75, 3.05) is 5.73 Å². The van der Waals surface area contributed by atoms with Gasteiger partial charge in [0, 0.05) is 6.07 Å². The van der Waals surface area contributed by atoms with Gasteiger partial charge in [-0.1, -0.05) is 12.1 Å². The molecule has 1 heterocycles. The van der Waals surface area contributed by atoms with Gasteiger partial charge in [-0.3, -0.25) is 10.1 Å². The van der Waals surface area contributed by atoms with Gasteiger partial charge in [-0.2, -0.15) is 5.10 Å². The number of para-hydroxylation sites is 2. The topological polar surface area (TPSA) is 87.0 Å². The zero-order chi connectivity index (χ0) is 11.7. The van der Waals surface area contributed by atoms with Crippen LogP contribution in [0.15, 0.2) is 34.9 Å². The van der Waals surface area contributed by atoms with E-state index >= 15 is 0 Å². The Hall–Kier alpha value is -1.89. The van der Waals surface area contributed by atoms with Gasteiger partial charge < -0.3 is 5.73 Å². The maximum Gasteiger partial charge on any atom is 0.294 e. The first-order chi connectivity index (χ1) is 7.61. The van der Waals surface area contributed by atoms with E-state index in [1.54, 1.807) is 18.2 Å². The molecular formula is C9H7BrN4O2. The van der Waals surface area contributed by atoms with E-state index in [0.717, 1.165) is 0 Å². The number of nitro groups is 1. The summed E-state index contributed by atoms with van der Waals surface area (Å²) in [5.41, 5.74) is 6.04. The second kappa shape index (κ2) is 3.93. The van der Waals surface area contributed by atoms with Crippen molar-refractivity contribution in [2.24, 2.45) is 0 Å². The van der Waals surface area contributed by atoms with Crippen LogP contribution in [0.5, 0.6) is 0 Å². The summed E-state index contributed by atoms with van der Waals surface area (Å²) < 4.78 is 1.92. The predicted octanol–water partition coefficient (Wildman–Crippen LogP) is 2.13. The Kier molecular flexibility index (Phi) is 2.61. The molecule has 16 heavy (non-hydrogen) atoms. The fourth-order valence-corrected chi connectivity index (χ4v) is 1.59. The second-order valence-electron chi connectivity index (χ2n) is 3.04. The lowest BCUT2D eigenvalue weighted by Crippen LogP contribution is -2.04. The molecule has 0 aliphatic heterocycles. The van der Waals surface area contributed by atoms with Gasteiger partial charge in [0.25, 0.3) is 5.69 Å². The summed E-state index contributed by atoms with van der Waals surface area (Å²) in [6.45, 7) is 0. The summed E-state index contributed by atoms with van der Waals surface area (Å²) in [5.74, 6) is 0.328. The van der Waals surface area contributed by atoms with Gasteiger partial charge in [-0.05, 0) is 22.0 Å². The van der Waals surface area contributed by atoms with Gasteiger partial charge in [0.2, 0.25) is 0 Å². The Morgan fingerprint density at radius 2 is 2.12 bits per heavy atom. The highest BCUT2D eigenvalue weighted by molar-refractivity contribution is 9.10. The van der Waals surface area contributed by atoms with Crippen LogP contribution >= 0.6 is 15.9 Å². The Bertz CT molecular complexity index is 552. The van der Waals surface area contributed by atoms with E-state index in [0.29, 0.717) is 16.0 Å². The Balaban J connectivity index is 2.64. The smallest absolute Gasteiger partial charge is 0.294 e. The van der Waals surface area contributed by atoms with E-state index in [1.165, 1.54) is 16.9 Å². The van der Waals surface area contributed by atoms with Gasteiger partial charge in [0.15, 0.2) is 0 Å². The van der Waals surface area contributed by atoms with Crippen molar-refractivity contribution in [2.45, 2.75) is 0 Å². The van der Waals surface area contributed by atoms with Gasteiger partial charge in [-0.15, -0.1) is 0 Å². The third kappa shape index (κ3) is 1.65. The van der Waals surface area contributed by atoms with Crippen molar-refractivity contribution < 1.29 is 4.92 Å². The van der Waals surface area contributed by atoms with Crippen LogP contribution in [0.1, 0.15) is 0 Å². The van der Waals surface area contributed by atoms with E-state index in [-0.39, 0.29) is 5.69 Å². The summed E-state index contributed by atoms with van der Waals surface area (Å²) in [7, 11) is 0. The lowest BCUT2D eigenvalue weighted by atomic mass is 10.3. The number of nitrogens with two attached hydrogens (primary N) is 1. The quantitative estimate of drug-likeness (QED) is 0.675. The maximum absolute atomic E-state index is 10.8.